The molecule has 0 bridgehead atoms. The summed E-state index contributed by atoms with van der Waals surface area (Å²) in [7, 11) is 0. The Morgan fingerprint density at radius 2 is 1.69 bits per heavy atom. The topological polar surface area (TPSA) is 37.3 Å². The van der Waals surface area contributed by atoms with Crippen molar-refractivity contribution in [3.05, 3.63) is 0 Å². The Morgan fingerprint density at radius 1 is 0.966 bits per heavy atom. The molecular weight excluding hydrogens is 356 g/mol. The van der Waals surface area contributed by atoms with Gasteiger partial charge in [-0.25, -0.2) is 0 Å². The van der Waals surface area contributed by atoms with Gasteiger partial charge in [0.2, 0.25) is 0 Å². The van der Waals surface area contributed by atoms with Crippen LogP contribution in [-0.2, 0) is 4.79 Å². The third-order valence-corrected chi connectivity index (χ3v) is 10.8. The zero-order valence-corrected chi connectivity index (χ0v) is 19.8. The lowest BCUT2D eigenvalue weighted by Crippen LogP contribution is -2.65. The van der Waals surface area contributed by atoms with E-state index in [0.717, 1.165) is 30.6 Å². The molecule has 0 aliphatic heterocycles. The van der Waals surface area contributed by atoms with Crippen LogP contribution < -0.4 is 0 Å². The molecule has 0 amide bonds. The van der Waals surface area contributed by atoms with E-state index < -0.39 is 5.60 Å². The Hall–Kier alpha value is -0.370. The van der Waals surface area contributed by atoms with Crippen molar-refractivity contribution in [1.29, 1.82) is 0 Å². The number of hydrogen-bond acceptors (Lipinski definition) is 2. The maximum atomic E-state index is 13.3. The van der Waals surface area contributed by atoms with Gasteiger partial charge in [-0.3, -0.25) is 4.79 Å². The highest BCUT2D eigenvalue weighted by Crippen LogP contribution is 2.68. The largest absolute Gasteiger partial charge is 0.381 e. The molecule has 0 radical (unpaired) electrons. The Balaban J connectivity index is 1.53. The molecule has 4 aliphatic rings. The van der Waals surface area contributed by atoms with E-state index in [0.29, 0.717) is 36.0 Å². The van der Waals surface area contributed by atoms with Crippen LogP contribution in [0.25, 0.3) is 0 Å². The minimum atomic E-state index is -1.03. The molecule has 0 heterocycles. The normalized spacial score (nSPS) is 48.2. The predicted octanol–water partition coefficient (Wildman–Crippen LogP) is 6.79. The first-order valence-corrected chi connectivity index (χ1v) is 12.9. The number of carbonyl (C=O) groups excluding carboxylic acids is 1. The van der Waals surface area contributed by atoms with Crippen LogP contribution in [0.1, 0.15) is 112 Å². The number of fused-ring (bicyclic) bond motifs is 5. The first kappa shape index (κ1) is 21.8. The summed E-state index contributed by atoms with van der Waals surface area (Å²) >= 11 is 0. The fourth-order valence-electron chi connectivity index (χ4n) is 9.09. The van der Waals surface area contributed by atoms with Crippen molar-refractivity contribution in [2.45, 2.75) is 117 Å². The van der Waals surface area contributed by atoms with Crippen molar-refractivity contribution in [1.82, 2.24) is 0 Å². The third-order valence-electron chi connectivity index (χ3n) is 10.8. The van der Waals surface area contributed by atoms with E-state index in [1.165, 1.54) is 51.4 Å². The minimum Gasteiger partial charge on any atom is -0.381 e. The van der Waals surface area contributed by atoms with E-state index in [1.807, 2.05) is 0 Å². The molecule has 0 saturated heterocycles. The molecule has 8 atom stereocenters. The maximum absolute atomic E-state index is 13.3. The molecule has 4 rings (SSSR count). The highest BCUT2D eigenvalue weighted by atomic mass is 16.3. The first-order chi connectivity index (χ1) is 13.6. The zero-order valence-electron chi connectivity index (χ0n) is 19.8. The number of carbonyl (C=O) groups is 1. The van der Waals surface area contributed by atoms with Crippen LogP contribution >= 0.6 is 0 Å². The van der Waals surface area contributed by atoms with Crippen LogP contribution in [0, 0.1) is 46.3 Å². The summed E-state index contributed by atoms with van der Waals surface area (Å²) < 4.78 is 0. The summed E-state index contributed by atoms with van der Waals surface area (Å²) in [6.07, 6.45) is 14.0. The fraction of sp³-hybridized carbons (Fsp3) is 0.963. The van der Waals surface area contributed by atoms with Gasteiger partial charge in [-0.05, 0) is 79.4 Å². The van der Waals surface area contributed by atoms with Gasteiger partial charge in [0.25, 0.3) is 0 Å². The Labute approximate surface area is 179 Å². The molecule has 0 aromatic rings. The molecular formula is C27H46O2. The van der Waals surface area contributed by atoms with E-state index in [2.05, 4.69) is 34.6 Å². The Morgan fingerprint density at radius 3 is 2.41 bits per heavy atom. The second-order valence-electron chi connectivity index (χ2n) is 12.5. The lowest BCUT2D eigenvalue weighted by atomic mass is 9.43. The van der Waals surface area contributed by atoms with Crippen molar-refractivity contribution in [3.8, 4) is 0 Å². The van der Waals surface area contributed by atoms with Crippen molar-refractivity contribution in [2.75, 3.05) is 0 Å². The molecule has 4 aliphatic carbocycles. The summed E-state index contributed by atoms with van der Waals surface area (Å²) in [6, 6.07) is 0. The zero-order chi connectivity index (χ0) is 21.0. The third kappa shape index (κ3) is 3.26. The van der Waals surface area contributed by atoms with Crippen molar-refractivity contribution in [3.63, 3.8) is 0 Å². The van der Waals surface area contributed by atoms with Crippen molar-refractivity contribution >= 4 is 5.78 Å². The molecule has 166 valence electrons. The molecule has 0 unspecified atom stereocenters. The summed E-state index contributed by atoms with van der Waals surface area (Å²) in [5, 5.41) is 11.5. The van der Waals surface area contributed by atoms with Gasteiger partial charge in [-0.15, -0.1) is 0 Å². The summed E-state index contributed by atoms with van der Waals surface area (Å²) in [4.78, 5) is 13.3. The summed E-state index contributed by atoms with van der Waals surface area (Å²) in [5.41, 5.74) is -0.783. The average molecular weight is 403 g/mol. The van der Waals surface area contributed by atoms with Crippen molar-refractivity contribution in [2.24, 2.45) is 46.3 Å². The first-order valence-electron chi connectivity index (χ1n) is 12.9. The minimum absolute atomic E-state index is 0.173. The van der Waals surface area contributed by atoms with Crippen molar-refractivity contribution < 1.29 is 9.90 Å². The molecule has 2 nitrogen and oxygen atoms in total. The van der Waals surface area contributed by atoms with Gasteiger partial charge in [-0.1, -0.05) is 66.7 Å². The maximum Gasteiger partial charge on any atom is 0.165 e. The lowest BCUT2D eigenvalue weighted by molar-refractivity contribution is -0.203. The fourth-order valence-corrected chi connectivity index (χ4v) is 9.09. The van der Waals surface area contributed by atoms with Crippen LogP contribution in [-0.4, -0.2) is 16.5 Å². The van der Waals surface area contributed by atoms with E-state index in [9.17, 15) is 9.90 Å². The molecule has 1 N–H and O–H groups in total. The Kier molecular flexibility index (Phi) is 5.76. The summed E-state index contributed by atoms with van der Waals surface area (Å²) in [5.74, 6) is 4.42. The highest BCUT2D eigenvalue weighted by molar-refractivity contribution is 5.89. The van der Waals surface area contributed by atoms with E-state index in [-0.39, 0.29) is 11.2 Å². The van der Waals surface area contributed by atoms with E-state index in [1.54, 1.807) is 0 Å². The SMILES string of the molecule is CC(C)CCC[C@@H](C)[C@H]1CC[C@H]2[C@@H]3CC(=O)[C@@]4(O)CCCC[C@]4(C)[C@@H]3CC[C@]12C. The molecule has 4 saturated carbocycles. The van der Waals surface area contributed by atoms with Crippen LogP contribution in [0.5, 0.6) is 0 Å². The molecule has 0 spiro atoms. The van der Waals surface area contributed by atoms with Gasteiger partial charge in [0.05, 0.1) is 0 Å². The molecule has 0 aromatic heterocycles. The second-order valence-corrected chi connectivity index (χ2v) is 12.5. The molecule has 4 fully saturated rings. The van der Waals surface area contributed by atoms with Crippen LogP contribution in [0.15, 0.2) is 0 Å². The van der Waals surface area contributed by atoms with Gasteiger partial charge in [0, 0.05) is 11.8 Å². The summed E-state index contributed by atoms with van der Waals surface area (Å²) in [6.45, 7) is 12.1. The number of ketones is 1. The van der Waals surface area contributed by atoms with Gasteiger partial charge >= 0.3 is 0 Å². The highest BCUT2D eigenvalue weighted by Gasteiger charge is 2.66. The van der Waals surface area contributed by atoms with Crippen LogP contribution in [0.3, 0.4) is 0 Å². The average Bonchev–Trinajstić information content (AvgIpc) is 3.01. The van der Waals surface area contributed by atoms with Gasteiger partial charge in [0.1, 0.15) is 5.60 Å². The number of aliphatic hydroxyl groups is 1. The van der Waals surface area contributed by atoms with Crippen LogP contribution in [0.4, 0.5) is 0 Å². The number of rotatable bonds is 5. The smallest absolute Gasteiger partial charge is 0.165 e. The van der Waals surface area contributed by atoms with Gasteiger partial charge in [0.15, 0.2) is 5.78 Å². The second kappa shape index (κ2) is 7.64. The van der Waals surface area contributed by atoms with E-state index in [4.69, 9.17) is 0 Å². The van der Waals surface area contributed by atoms with Crippen LogP contribution in [0.2, 0.25) is 0 Å². The predicted molar refractivity (Wildman–Crippen MR) is 120 cm³/mol. The lowest BCUT2D eigenvalue weighted by Gasteiger charge is -2.62. The number of hydrogen-bond donors (Lipinski definition) is 1. The standard InChI is InChI=1S/C27H46O2/c1-18(2)9-8-10-19(3)21-11-12-22-20-17-24(28)27(29)15-7-6-14-26(27,5)23(20)13-16-25(21,22)4/h18-23,29H,6-17H2,1-5H3/t19-,20+,21-,22+,23-,25-,26-,27+/m1/s1. The molecule has 0 aromatic carbocycles. The quantitative estimate of drug-likeness (QED) is 0.549. The van der Waals surface area contributed by atoms with Gasteiger partial charge in [-0.2, -0.15) is 0 Å². The monoisotopic (exact) mass is 402 g/mol. The molecule has 29 heavy (non-hydrogen) atoms. The number of Topliss-reactive ketones (excluding diaryl/α,β-unsaturated/α-hetero) is 1. The molecule has 2 heteroatoms. The van der Waals surface area contributed by atoms with Gasteiger partial charge < -0.3 is 5.11 Å². The van der Waals surface area contributed by atoms with E-state index >= 15 is 0 Å². The Bertz CT molecular complexity index is 626.